The molecule has 4 heteroatoms. The average Bonchev–Trinajstić information content (AvgIpc) is 2.29. The van der Waals surface area contributed by atoms with Crippen LogP contribution in [0, 0.1) is 0 Å². The first-order valence-corrected chi connectivity index (χ1v) is 6.37. The highest BCUT2D eigenvalue weighted by Crippen LogP contribution is 2.25. The lowest BCUT2D eigenvalue weighted by Crippen LogP contribution is -2.47. The molecule has 0 aliphatic heterocycles. The second-order valence-corrected chi connectivity index (χ2v) is 4.88. The van der Waals surface area contributed by atoms with E-state index in [2.05, 4.69) is 10.6 Å². The van der Waals surface area contributed by atoms with Gasteiger partial charge in [0.25, 0.3) is 0 Å². The minimum Gasteiger partial charge on any atom is -0.323 e. The number of nitrogens with one attached hydrogen (secondary N) is 2. The third-order valence-corrected chi connectivity index (χ3v) is 3.34. The number of amides is 1. The molecule has 0 saturated heterocycles. The Morgan fingerprint density at radius 1 is 1.31 bits per heavy atom. The lowest BCUT2D eigenvalue weighted by molar-refractivity contribution is -0.121. The van der Waals surface area contributed by atoms with E-state index in [0.29, 0.717) is 0 Å². The van der Waals surface area contributed by atoms with Crippen LogP contribution in [-0.4, -0.2) is 24.7 Å². The number of rotatable bonds is 4. The number of hydrogen-bond acceptors (Lipinski definition) is 3. The van der Waals surface area contributed by atoms with E-state index in [0.717, 1.165) is 10.6 Å². The van der Waals surface area contributed by atoms with Crippen LogP contribution in [0.25, 0.3) is 0 Å². The zero-order valence-corrected chi connectivity index (χ0v) is 10.9. The molecular weight excluding hydrogens is 220 g/mol. The van der Waals surface area contributed by atoms with Crippen LogP contribution in [0.4, 0.5) is 5.69 Å². The van der Waals surface area contributed by atoms with Gasteiger partial charge in [0.2, 0.25) is 5.91 Å². The van der Waals surface area contributed by atoms with Gasteiger partial charge in [-0.25, -0.2) is 0 Å². The maximum atomic E-state index is 12.0. The van der Waals surface area contributed by atoms with Crippen LogP contribution >= 0.6 is 11.8 Å². The van der Waals surface area contributed by atoms with Gasteiger partial charge in [-0.1, -0.05) is 12.1 Å². The highest BCUT2D eigenvalue weighted by atomic mass is 32.2. The van der Waals surface area contributed by atoms with Gasteiger partial charge in [-0.2, -0.15) is 0 Å². The van der Waals surface area contributed by atoms with Gasteiger partial charge < -0.3 is 10.6 Å². The number of para-hydroxylation sites is 1. The smallest absolute Gasteiger partial charge is 0.244 e. The minimum atomic E-state index is -0.564. The van der Waals surface area contributed by atoms with Gasteiger partial charge in [0.1, 0.15) is 0 Å². The average molecular weight is 238 g/mol. The van der Waals surface area contributed by atoms with E-state index in [4.69, 9.17) is 0 Å². The van der Waals surface area contributed by atoms with Gasteiger partial charge in [0.15, 0.2) is 0 Å². The van der Waals surface area contributed by atoms with E-state index < -0.39 is 5.54 Å². The van der Waals surface area contributed by atoms with Crippen molar-refractivity contribution >= 4 is 23.4 Å². The molecule has 1 rings (SSSR count). The lowest BCUT2D eigenvalue weighted by Gasteiger charge is -2.23. The first kappa shape index (κ1) is 13.1. The third-order valence-electron chi connectivity index (χ3n) is 2.55. The van der Waals surface area contributed by atoms with Crippen molar-refractivity contribution in [1.82, 2.24) is 5.32 Å². The summed E-state index contributed by atoms with van der Waals surface area (Å²) in [7, 11) is 1.78. The van der Waals surface area contributed by atoms with E-state index in [1.54, 1.807) is 18.8 Å². The molecule has 2 N–H and O–H groups in total. The molecule has 0 fully saturated rings. The Labute approximate surface area is 101 Å². The van der Waals surface area contributed by atoms with Crippen molar-refractivity contribution < 1.29 is 4.79 Å². The molecule has 0 aromatic heterocycles. The second kappa shape index (κ2) is 5.37. The van der Waals surface area contributed by atoms with Crippen molar-refractivity contribution in [2.24, 2.45) is 0 Å². The summed E-state index contributed by atoms with van der Waals surface area (Å²) in [5.41, 5.74) is 0.300. The number of hydrogen-bond donors (Lipinski definition) is 2. The molecule has 0 atom stereocenters. The van der Waals surface area contributed by atoms with Gasteiger partial charge >= 0.3 is 0 Å². The number of carbonyl (C=O) groups is 1. The van der Waals surface area contributed by atoms with Crippen LogP contribution in [0.1, 0.15) is 13.8 Å². The fraction of sp³-hybridized carbons (Fsp3) is 0.417. The van der Waals surface area contributed by atoms with Crippen molar-refractivity contribution in [2.45, 2.75) is 24.3 Å². The minimum absolute atomic E-state index is 0.0310. The Balaban J connectivity index is 2.85. The molecule has 88 valence electrons. The molecular formula is C12H18N2OS. The highest BCUT2D eigenvalue weighted by molar-refractivity contribution is 7.98. The highest BCUT2D eigenvalue weighted by Gasteiger charge is 2.25. The van der Waals surface area contributed by atoms with E-state index in [9.17, 15) is 4.79 Å². The normalized spacial score (nSPS) is 11.2. The van der Waals surface area contributed by atoms with Gasteiger partial charge in [-0.3, -0.25) is 4.79 Å². The van der Waals surface area contributed by atoms with Crippen LogP contribution in [-0.2, 0) is 4.79 Å². The Morgan fingerprint density at radius 2 is 1.94 bits per heavy atom. The van der Waals surface area contributed by atoms with Crippen LogP contribution in [0.15, 0.2) is 29.2 Å². The molecule has 0 heterocycles. The molecule has 0 spiro atoms. The topological polar surface area (TPSA) is 41.1 Å². The summed E-state index contributed by atoms with van der Waals surface area (Å²) in [6.07, 6.45) is 1.99. The molecule has 0 aliphatic rings. The Morgan fingerprint density at radius 3 is 2.50 bits per heavy atom. The Bertz CT molecular complexity index is 377. The summed E-state index contributed by atoms with van der Waals surface area (Å²) < 4.78 is 0. The quantitative estimate of drug-likeness (QED) is 0.791. The van der Waals surface area contributed by atoms with Crippen LogP contribution < -0.4 is 10.6 Å². The van der Waals surface area contributed by atoms with Crippen LogP contribution in [0.5, 0.6) is 0 Å². The van der Waals surface area contributed by atoms with Gasteiger partial charge in [-0.15, -0.1) is 11.8 Å². The van der Waals surface area contributed by atoms with Crippen molar-refractivity contribution in [2.75, 3.05) is 18.6 Å². The summed E-state index contributed by atoms with van der Waals surface area (Å²) in [5.74, 6) is -0.0310. The number of benzene rings is 1. The molecule has 0 saturated carbocycles. The molecule has 0 bridgehead atoms. The first-order valence-electron chi connectivity index (χ1n) is 5.14. The fourth-order valence-electron chi connectivity index (χ4n) is 1.14. The zero-order chi connectivity index (χ0) is 12.2. The van der Waals surface area contributed by atoms with Crippen LogP contribution in [0.3, 0.4) is 0 Å². The summed E-state index contributed by atoms with van der Waals surface area (Å²) in [6, 6.07) is 7.79. The van der Waals surface area contributed by atoms with Gasteiger partial charge in [0.05, 0.1) is 11.2 Å². The standard InChI is InChI=1S/C12H18N2OS/c1-12(2,13-3)11(15)14-9-7-5-6-8-10(9)16-4/h5-8,13H,1-4H3,(H,14,15). The van der Waals surface area contributed by atoms with E-state index >= 15 is 0 Å². The first-order chi connectivity index (χ1) is 7.51. The summed E-state index contributed by atoms with van der Waals surface area (Å²) in [4.78, 5) is 13.0. The van der Waals surface area contributed by atoms with Crippen molar-refractivity contribution in [1.29, 1.82) is 0 Å². The Kier molecular flexibility index (Phi) is 4.38. The second-order valence-electron chi connectivity index (χ2n) is 4.03. The molecule has 1 aromatic carbocycles. The van der Waals surface area contributed by atoms with Gasteiger partial charge in [0, 0.05) is 4.90 Å². The molecule has 0 unspecified atom stereocenters. The summed E-state index contributed by atoms with van der Waals surface area (Å²) in [5, 5.41) is 5.91. The number of likely N-dealkylation sites (N-methyl/N-ethyl adjacent to an activating group) is 1. The predicted molar refractivity (Wildman–Crippen MR) is 70.0 cm³/mol. The molecule has 3 nitrogen and oxygen atoms in total. The molecule has 1 amide bonds. The Hall–Kier alpha value is -1.00. The third kappa shape index (κ3) is 3.00. The number of anilines is 1. The van der Waals surface area contributed by atoms with Crippen molar-refractivity contribution in [3.05, 3.63) is 24.3 Å². The summed E-state index contributed by atoms with van der Waals surface area (Å²) in [6.45, 7) is 3.70. The zero-order valence-electron chi connectivity index (χ0n) is 10.1. The van der Waals surface area contributed by atoms with Crippen LogP contribution in [0.2, 0.25) is 0 Å². The lowest BCUT2D eigenvalue weighted by atomic mass is 10.1. The van der Waals surface area contributed by atoms with Crippen molar-refractivity contribution in [3.63, 3.8) is 0 Å². The molecule has 0 radical (unpaired) electrons. The van der Waals surface area contributed by atoms with E-state index in [1.165, 1.54) is 0 Å². The number of carbonyl (C=O) groups excluding carboxylic acids is 1. The predicted octanol–water partition coefficient (Wildman–Crippen LogP) is 2.34. The van der Waals surface area contributed by atoms with Gasteiger partial charge in [-0.05, 0) is 39.3 Å². The maximum absolute atomic E-state index is 12.0. The number of thioether (sulfide) groups is 1. The largest absolute Gasteiger partial charge is 0.323 e. The summed E-state index contributed by atoms with van der Waals surface area (Å²) >= 11 is 1.62. The molecule has 16 heavy (non-hydrogen) atoms. The van der Waals surface area contributed by atoms with E-state index in [1.807, 2.05) is 44.4 Å². The molecule has 0 aliphatic carbocycles. The van der Waals surface area contributed by atoms with Crippen molar-refractivity contribution in [3.8, 4) is 0 Å². The molecule has 1 aromatic rings. The monoisotopic (exact) mass is 238 g/mol. The SMILES string of the molecule is CNC(C)(C)C(=O)Nc1ccccc1SC. The maximum Gasteiger partial charge on any atom is 0.244 e. The van der Waals surface area contributed by atoms with E-state index in [-0.39, 0.29) is 5.91 Å². The fourth-order valence-corrected chi connectivity index (χ4v) is 1.69.